The molecule has 0 aliphatic heterocycles. The van der Waals surface area contributed by atoms with E-state index >= 15 is 0 Å². The van der Waals surface area contributed by atoms with Crippen molar-refractivity contribution < 1.29 is 4.39 Å². The first kappa shape index (κ1) is 15.0. The van der Waals surface area contributed by atoms with Crippen molar-refractivity contribution in [3.63, 3.8) is 0 Å². The highest BCUT2D eigenvalue weighted by molar-refractivity contribution is 9.10. The Morgan fingerprint density at radius 1 is 1.35 bits per heavy atom. The number of hydrogen-bond donors (Lipinski definition) is 1. The van der Waals surface area contributed by atoms with Gasteiger partial charge in [0.25, 0.3) is 0 Å². The molecular weight excluding hydrogens is 301 g/mol. The molecular formula is C13H19BrFNS. The molecule has 0 amide bonds. The van der Waals surface area contributed by atoms with Crippen LogP contribution in [0, 0.1) is 5.82 Å². The highest BCUT2D eigenvalue weighted by atomic mass is 79.9. The van der Waals surface area contributed by atoms with Crippen LogP contribution in [0.2, 0.25) is 0 Å². The van der Waals surface area contributed by atoms with Crippen LogP contribution in [0.5, 0.6) is 0 Å². The van der Waals surface area contributed by atoms with Gasteiger partial charge in [-0.05, 0) is 30.2 Å². The summed E-state index contributed by atoms with van der Waals surface area (Å²) >= 11 is 5.13. The van der Waals surface area contributed by atoms with Gasteiger partial charge in [0.2, 0.25) is 0 Å². The van der Waals surface area contributed by atoms with Crippen LogP contribution < -0.4 is 5.73 Å². The molecule has 1 aromatic carbocycles. The smallest absolute Gasteiger partial charge is 0.124 e. The van der Waals surface area contributed by atoms with Crippen LogP contribution in [0.4, 0.5) is 4.39 Å². The van der Waals surface area contributed by atoms with Gasteiger partial charge in [0.15, 0.2) is 0 Å². The summed E-state index contributed by atoms with van der Waals surface area (Å²) in [5, 5.41) is 0. The molecule has 0 saturated heterocycles. The van der Waals surface area contributed by atoms with Crippen LogP contribution >= 0.6 is 27.7 Å². The average Bonchev–Trinajstić information content (AvgIpc) is 2.11. The SMILES string of the molecule is CC(C)(C)SCC(N)Cc1cc(F)cc(Br)c1. The summed E-state index contributed by atoms with van der Waals surface area (Å²) in [4.78, 5) is 0. The van der Waals surface area contributed by atoms with Gasteiger partial charge in [-0.2, -0.15) is 11.8 Å². The Morgan fingerprint density at radius 3 is 2.53 bits per heavy atom. The van der Waals surface area contributed by atoms with E-state index in [1.807, 2.05) is 17.8 Å². The number of halogens is 2. The van der Waals surface area contributed by atoms with Crippen molar-refractivity contribution in [2.45, 2.75) is 38.0 Å². The first-order chi connectivity index (χ1) is 7.76. The minimum atomic E-state index is -0.218. The van der Waals surface area contributed by atoms with Crippen LogP contribution in [0.15, 0.2) is 22.7 Å². The molecule has 1 nitrogen and oxygen atoms in total. The quantitative estimate of drug-likeness (QED) is 0.908. The van der Waals surface area contributed by atoms with Crippen molar-refractivity contribution in [1.82, 2.24) is 0 Å². The molecule has 4 heteroatoms. The van der Waals surface area contributed by atoms with E-state index < -0.39 is 0 Å². The predicted octanol–water partition coefficient (Wildman–Crippen LogP) is 3.99. The lowest BCUT2D eigenvalue weighted by atomic mass is 10.1. The Hall–Kier alpha value is -0.0600. The molecule has 0 aliphatic carbocycles. The van der Waals surface area contributed by atoms with Gasteiger partial charge in [-0.25, -0.2) is 4.39 Å². The third-order valence-corrected chi connectivity index (χ3v) is 4.07. The van der Waals surface area contributed by atoms with Crippen molar-refractivity contribution in [2.24, 2.45) is 5.73 Å². The summed E-state index contributed by atoms with van der Waals surface area (Å²) in [5.41, 5.74) is 7.00. The monoisotopic (exact) mass is 319 g/mol. The Kier molecular flexibility index (Phi) is 5.48. The largest absolute Gasteiger partial charge is 0.327 e. The summed E-state index contributed by atoms with van der Waals surface area (Å²) in [6.45, 7) is 6.51. The lowest BCUT2D eigenvalue weighted by molar-refractivity contribution is 0.622. The number of thioether (sulfide) groups is 1. The van der Waals surface area contributed by atoms with Gasteiger partial charge in [0.05, 0.1) is 0 Å². The van der Waals surface area contributed by atoms with E-state index in [0.717, 1.165) is 15.8 Å². The molecule has 0 aromatic heterocycles. The molecule has 0 heterocycles. The predicted molar refractivity (Wildman–Crippen MR) is 78.0 cm³/mol. The van der Waals surface area contributed by atoms with Gasteiger partial charge < -0.3 is 5.73 Å². The first-order valence-corrected chi connectivity index (χ1v) is 7.38. The summed E-state index contributed by atoms with van der Waals surface area (Å²) < 4.78 is 14.2. The Bertz CT molecular complexity index is 356. The molecule has 1 unspecified atom stereocenters. The van der Waals surface area contributed by atoms with Gasteiger partial charge in [-0.1, -0.05) is 36.7 Å². The zero-order valence-corrected chi connectivity index (χ0v) is 12.9. The molecule has 0 fully saturated rings. The number of benzene rings is 1. The third kappa shape index (κ3) is 6.43. The maximum atomic E-state index is 13.2. The standard InChI is InChI=1S/C13H19BrFNS/c1-13(2,3)17-8-12(16)6-9-4-10(14)7-11(15)5-9/h4-5,7,12H,6,8,16H2,1-3H3. The minimum absolute atomic E-state index is 0.0629. The molecule has 0 bridgehead atoms. The van der Waals surface area contributed by atoms with Crippen molar-refractivity contribution >= 4 is 27.7 Å². The van der Waals surface area contributed by atoms with E-state index in [2.05, 4.69) is 36.7 Å². The van der Waals surface area contributed by atoms with Crippen LogP contribution in [-0.4, -0.2) is 16.5 Å². The zero-order valence-electron chi connectivity index (χ0n) is 10.5. The average molecular weight is 320 g/mol. The number of rotatable bonds is 4. The summed E-state index contributed by atoms with van der Waals surface area (Å²) in [6.07, 6.45) is 0.708. The zero-order chi connectivity index (χ0) is 13.1. The number of hydrogen-bond acceptors (Lipinski definition) is 2. The molecule has 1 atom stereocenters. The van der Waals surface area contributed by atoms with Crippen LogP contribution in [0.1, 0.15) is 26.3 Å². The van der Waals surface area contributed by atoms with Crippen LogP contribution in [0.3, 0.4) is 0 Å². The Morgan fingerprint density at radius 2 is 2.00 bits per heavy atom. The van der Waals surface area contributed by atoms with Gasteiger partial charge in [0.1, 0.15) is 5.82 Å². The maximum absolute atomic E-state index is 13.2. The molecule has 2 N–H and O–H groups in total. The lowest BCUT2D eigenvalue weighted by Crippen LogP contribution is -2.28. The van der Waals surface area contributed by atoms with Gasteiger partial charge in [-0.15, -0.1) is 0 Å². The second-order valence-electron chi connectivity index (χ2n) is 5.17. The molecule has 1 aromatic rings. The highest BCUT2D eigenvalue weighted by Crippen LogP contribution is 2.24. The molecule has 96 valence electrons. The molecule has 1 rings (SSSR count). The summed E-state index contributed by atoms with van der Waals surface area (Å²) in [6, 6.07) is 4.99. The van der Waals surface area contributed by atoms with Crippen molar-refractivity contribution in [1.29, 1.82) is 0 Å². The van der Waals surface area contributed by atoms with Crippen molar-refractivity contribution in [2.75, 3.05) is 5.75 Å². The van der Waals surface area contributed by atoms with E-state index in [1.165, 1.54) is 6.07 Å². The summed E-state index contributed by atoms with van der Waals surface area (Å²) in [5.74, 6) is 0.669. The third-order valence-electron chi connectivity index (χ3n) is 2.15. The topological polar surface area (TPSA) is 26.0 Å². The molecule has 0 spiro atoms. The van der Waals surface area contributed by atoms with Gasteiger partial charge in [-0.3, -0.25) is 0 Å². The fourth-order valence-electron chi connectivity index (χ4n) is 1.45. The Labute approximate surface area is 115 Å². The second kappa shape index (κ2) is 6.21. The maximum Gasteiger partial charge on any atom is 0.124 e. The Balaban J connectivity index is 2.53. The first-order valence-electron chi connectivity index (χ1n) is 5.61. The van der Waals surface area contributed by atoms with Crippen molar-refractivity contribution in [3.05, 3.63) is 34.1 Å². The van der Waals surface area contributed by atoms with Gasteiger partial charge >= 0.3 is 0 Å². The van der Waals surface area contributed by atoms with E-state index in [1.54, 1.807) is 6.07 Å². The highest BCUT2D eigenvalue weighted by Gasteiger charge is 2.14. The molecule has 17 heavy (non-hydrogen) atoms. The van der Waals surface area contributed by atoms with Gasteiger partial charge in [0, 0.05) is 21.0 Å². The van der Waals surface area contributed by atoms with E-state index in [4.69, 9.17) is 5.73 Å². The lowest BCUT2D eigenvalue weighted by Gasteiger charge is -2.20. The normalized spacial score (nSPS) is 13.8. The van der Waals surface area contributed by atoms with Crippen LogP contribution in [0.25, 0.3) is 0 Å². The minimum Gasteiger partial charge on any atom is -0.327 e. The summed E-state index contributed by atoms with van der Waals surface area (Å²) in [7, 11) is 0. The number of nitrogens with two attached hydrogens (primary N) is 1. The molecule has 0 aliphatic rings. The van der Waals surface area contributed by atoms with E-state index in [-0.39, 0.29) is 16.6 Å². The molecule has 0 radical (unpaired) electrons. The van der Waals surface area contributed by atoms with E-state index in [9.17, 15) is 4.39 Å². The van der Waals surface area contributed by atoms with E-state index in [0.29, 0.717) is 6.42 Å². The second-order valence-corrected chi connectivity index (χ2v) is 7.93. The molecule has 0 saturated carbocycles. The fraction of sp³-hybridized carbons (Fsp3) is 0.538. The van der Waals surface area contributed by atoms with Crippen LogP contribution in [-0.2, 0) is 6.42 Å². The van der Waals surface area contributed by atoms with Crippen molar-refractivity contribution in [3.8, 4) is 0 Å². The fourth-order valence-corrected chi connectivity index (χ4v) is 2.79.